The van der Waals surface area contributed by atoms with Gasteiger partial charge in [-0.1, -0.05) is 12.1 Å². The van der Waals surface area contributed by atoms with E-state index in [2.05, 4.69) is 15.0 Å². The van der Waals surface area contributed by atoms with Gasteiger partial charge < -0.3 is 0 Å². The molecule has 4 rings (SSSR count). The van der Waals surface area contributed by atoms with E-state index in [1.54, 1.807) is 24.3 Å². The first-order valence-electron chi connectivity index (χ1n) is 7.80. The van der Waals surface area contributed by atoms with E-state index in [0.29, 0.717) is 11.9 Å². The lowest BCUT2D eigenvalue weighted by Crippen LogP contribution is -1.98. The number of fused-ring (bicyclic) bond motifs is 1. The zero-order valence-corrected chi connectivity index (χ0v) is 13.2. The third kappa shape index (κ3) is 3.21. The predicted molar refractivity (Wildman–Crippen MR) is 91.9 cm³/mol. The van der Waals surface area contributed by atoms with Crippen molar-refractivity contribution in [3.63, 3.8) is 0 Å². The van der Waals surface area contributed by atoms with E-state index in [1.807, 2.05) is 12.1 Å². The van der Waals surface area contributed by atoms with Crippen LogP contribution in [0.5, 0.6) is 0 Å². The Balaban J connectivity index is 1.77. The summed E-state index contributed by atoms with van der Waals surface area (Å²) in [5, 5.41) is 0. The van der Waals surface area contributed by atoms with Crippen molar-refractivity contribution in [1.29, 1.82) is 0 Å². The molecule has 2 aromatic carbocycles. The van der Waals surface area contributed by atoms with Gasteiger partial charge in [-0.15, -0.1) is 0 Å². The zero-order chi connectivity index (χ0) is 17.2. The maximum absolute atomic E-state index is 13.1. The Labute approximate surface area is 143 Å². The Morgan fingerprint density at radius 3 is 2.12 bits per heavy atom. The van der Waals surface area contributed by atoms with E-state index >= 15 is 0 Å². The van der Waals surface area contributed by atoms with E-state index in [4.69, 9.17) is 0 Å². The summed E-state index contributed by atoms with van der Waals surface area (Å²) in [6, 6.07) is 16.2. The van der Waals surface area contributed by atoms with Gasteiger partial charge in [-0.3, -0.25) is 0 Å². The van der Waals surface area contributed by atoms with Crippen molar-refractivity contribution in [2.45, 2.75) is 6.42 Å². The third-order valence-corrected chi connectivity index (χ3v) is 3.98. The Bertz CT molecular complexity index is 1030. The molecule has 0 aliphatic carbocycles. The molecule has 0 aliphatic rings. The normalized spacial score (nSPS) is 11.0. The second kappa shape index (κ2) is 6.36. The minimum absolute atomic E-state index is 0.270. The monoisotopic (exact) mass is 333 g/mol. The van der Waals surface area contributed by atoms with Gasteiger partial charge in [-0.2, -0.15) is 0 Å². The molecule has 0 radical (unpaired) electrons. The first kappa shape index (κ1) is 15.3. The summed E-state index contributed by atoms with van der Waals surface area (Å²) in [5.74, 6) is -0.558. The Hall–Kier alpha value is -3.21. The molecule has 0 unspecified atom stereocenters. The van der Waals surface area contributed by atoms with Crippen molar-refractivity contribution in [2.75, 3.05) is 0 Å². The molecule has 0 aliphatic heterocycles. The van der Waals surface area contributed by atoms with Crippen LogP contribution in [-0.4, -0.2) is 15.0 Å². The highest BCUT2D eigenvalue weighted by molar-refractivity contribution is 5.80. The molecule has 5 heteroatoms. The highest BCUT2D eigenvalue weighted by Crippen LogP contribution is 2.22. The second-order valence-electron chi connectivity index (χ2n) is 5.69. The summed E-state index contributed by atoms with van der Waals surface area (Å²) in [7, 11) is 0. The molecule has 3 nitrogen and oxygen atoms in total. The number of nitrogens with zero attached hydrogens (tertiary/aromatic N) is 3. The number of pyridine rings is 1. The van der Waals surface area contributed by atoms with Crippen LogP contribution in [0.2, 0.25) is 0 Å². The van der Waals surface area contributed by atoms with Gasteiger partial charge in [0.2, 0.25) is 0 Å². The molecule has 0 saturated heterocycles. The number of aromatic nitrogens is 3. The predicted octanol–water partition coefficient (Wildman–Crippen LogP) is 4.56. The molecule has 0 fully saturated rings. The highest BCUT2D eigenvalue weighted by Gasteiger charge is 2.09. The number of rotatable bonds is 3. The third-order valence-electron chi connectivity index (χ3n) is 3.98. The van der Waals surface area contributed by atoms with Crippen LogP contribution in [0.25, 0.3) is 22.3 Å². The number of hydrogen-bond donors (Lipinski definition) is 0. The van der Waals surface area contributed by atoms with Gasteiger partial charge in [-0.25, -0.2) is 23.7 Å². The minimum Gasteiger partial charge on any atom is -0.244 e. The van der Waals surface area contributed by atoms with Crippen LogP contribution in [0, 0.1) is 11.6 Å². The van der Waals surface area contributed by atoms with E-state index in [-0.39, 0.29) is 11.6 Å². The van der Waals surface area contributed by atoms with Crippen LogP contribution in [0.3, 0.4) is 0 Å². The lowest BCUT2D eigenvalue weighted by molar-refractivity contribution is 0.627. The standard InChI is InChI=1S/C20H13F2N3/c21-15-5-1-13(2-6-15)11-19-20-18(23-12-24-19)10-9-17(25-20)14-3-7-16(22)8-4-14/h1-10,12H,11H2. The van der Waals surface area contributed by atoms with Crippen molar-refractivity contribution >= 4 is 11.0 Å². The summed E-state index contributed by atoms with van der Waals surface area (Å²) >= 11 is 0. The molecule has 0 bridgehead atoms. The zero-order valence-electron chi connectivity index (χ0n) is 13.2. The van der Waals surface area contributed by atoms with Crippen LogP contribution < -0.4 is 0 Å². The molecule has 0 atom stereocenters. The van der Waals surface area contributed by atoms with Gasteiger partial charge in [0.25, 0.3) is 0 Å². The van der Waals surface area contributed by atoms with Gasteiger partial charge in [0.05, 0.1) is 16.9 Å². The van der Waals surface area contributed by atoms with Crippen molar-refractivity contribution in [3.05, 3.63) is 89.9 Å². The number of hydrogen-bond acceptors (Lipinski definition) is 3. The number of halogens is 2. The average Bonchev–Trinajstić information content (AvgIpc) is 2.64. The second-order valence-corrected chi connectivity index (χ2v) is 5.69. The first-order chi connectivity index (χ1) is 12.2. The van der Waals surface area contributed by atoms with E-state index in [1.165, 1.54) is 30.6 Å². The summed E-state index contributed by atoms with van der Waals surface area (Å²) in [6.45, 7) is 0. The smallest absolute Gasteiger partial charge is 0.123 e. The van der Waals surface area contributed by atoms with Crippen molar-refractivity contribution < 1.29 is 8.78 Å². The van der Waals surface area contributed by atoms with E-state index < -0.39 is 0 Å². The maximum Gasteiger partial charge on any atom is 0.123 e. The topological polar surface area (TPSA) is 38.7 Å². The lowest BCUT2D eigenvalue weighted by Gasteiger charge is -2.07. The average molecular weight is 333 g/mol. The molecular formula is C20H13F2N3. The van der Waals surface area contributed by atoms with Crippen LogP contribution in [0.4, 0.5) is 8.78 Å². The minimum atomic E-state index is -0.287. The molecule has 0 spiro atoms. The molecular weight excluding hydrogens is 320 g/mol. The Morgan fingerprint density at radius 2 is 1.40 bits per heavy atom. The molecule has 4 aromatic rings. The van der Waals surface area contributed by atoms with Crippen LogP contribution >= 0.6 is 0 Å². The SMILES string of the molecule is Fc1ccc(Cc2ncnc3ccc(-c4ccc(F)cc4)nc23)cc1. The van der Waals surface area contributed by atoms with Gasteiger partial charge in [-0.05, 0) is 54.1 Å². The molecule has 0 N–H and O–H groups in total. The van der Waals surface area contributed by atoms with E-state index in [0.717, 1.165) is 28.0 Å². The quantitative estimate of drug-likeness (QED) is 0.552. The van der Waals surface area contributed by atoms with Crippen molar-refractivity contribution in [2.24, 2.45) is 0 Å². The van der Waals surface area contributed by atoms with Gasteiger partial charge in [0.15, 0.2) is 0 Å². The van der Waals surface area contributed by atoms with Crippen LogP contribution in [-0.2, 0) is 6.42 Å². The summed E-state index contributed by atoms with van der Waals surface area (Å²) in [5.41, 5.74) is 4.67. The van der Waals surface area contributed by atoms with Crippen molar-refractivity contribution in [1.82, 2.24) is 15.0 Å². The van der Waals surface area contributed by atoms with Gasteiger partial charge in [0, 0.05) is 12.0 Å². The van der Waals surface area contributed by atoms with Gasteiger partial charge >= 0.3 is 0 Å². The largest absolute Gasteiger partial charge is 0.244 e. The molecule has 2 heterocycles. The Morgan fingerprint density at radius 1 is 0.720 bits per heavy atom. The van der Waals surface area contributed by atoms with E-state index in [9.17, 15) is 8.78 Å². The fourth-order valence-corrected chi connectivity index (χ4v) is 2.70. The van der Waals surface area contributed by atoms with Crippen LogP contribution in [0.15, 0.2) is 67.0 Å². The lowest BCUT2D eigenvalue weighted by atomic mass is 10.1. The summed E-state index contributed by atoms with van der Waals surface area (Å²) in [4.78, 5) is 13.3. The fraction of sp³-hybridized carbons (Fsp3) is 0.0500. The maximum atomic E-state index is 13.1. The number of benzene rings is 2. The Kier molecular flexibility index (Phi) is 3.90. The first-order valence-corrected chi connectivity index (χ1v) is 7.80. The highest BCUT2D eigenvalue weighted by atomic mass is 19.1. The van der Waals surface area contributed by atoms with Gasteiger partial charge in [0.1, 0.15) is 23.5 Å². The molecule has 2 aromatic heterocycles. The molecule has 122 valence electrons. The molecule has 0 saturated carbocycles. The molecule has 0 amide bonds. The van der Waals surface area contributed by atoms with Crippen molar-refractivity contribution in [3.8, 4) is 11.3 Å². The summed E-state index contributed by atoms with van der Waals surface area (Å²) < 4.78 is 26.2. The molecule has 25 heavy (non-hydrogen) atoms. The summed E-state index contributed by atoms with van der Waals surface area (Å²) in [6.07, 6.45) is 2.03. The van der Waals surface area contributed by atoms with Crippen LogP contribution in [0.1, 0.15) is 11.3 Å². The fourth-order valence-electron chi connectivity index (χ4n) is 2.70.